The molecule has 0 unspecified atom stereocenters. The molecule has 0 saturated carbocycles. The van der Waals surface area contributed by atoms with Gasteiger partial charge in [-0.15, -0.1) is 0 Å². The molecule has 1 aromatic heterocycles. The molecule has 4 aromatic rings. The van der Waals surface area contributed by atoms with Gasteiger partial charge >= 0.3 is 0 Å². The van der Waals surface area contributed by atoms with Crippen LogP contribution in [0, 0.1) is 6.92 Å². The number of aryl methyl sites for hydroxylation is 1. The van der Waals surface area contributed by atoms with Crippen molar-refractivity contribution in [2.24, 2.45) is 0 Å². The second kappa shape index (κ2) is 8.52. The molecule has 3 aromatic carbocycles. The van der Waals surface area contributed by atoms with Gasteiger partial charge in [0.2, 0.25) is 5.91 Å². The van der Waals surface area contributed by atoms with Gasteiger partial charge in [-0.1, -0.05) is 41.4 Å². The zero-order valence-electron chi connectivity index (χ0n) is 17.9. The summed E-state index contributed by atoms with van der Waals surface area (Å²) >= 11 is 6.00. The molecule has 2 amide bonds. The average molecular weight is 454 g/mol. The van der Waals surface area contributed by atoms with E-state index < -0.39 is 0 Å². The average Bonchev–Trinajstić information content (AvgIpc) is 3.05. The molecule has 0 bridgehead atoms. The van der Waals surface area contributed by atoms with Crippen LogP contribution in [0.1, 0.15) is 16.7 Å². The summed E-state index contributed by atoms with van der Waals surface area (Å²) < 4.78 is 0. The number of anilines is 2. The minimum Gasteiger partial charge on any atom is -0.322 e. The number of halogens is 1. The van der Waals surface area contributed by atoms with Crippen LogP contribution in [0.2, 0.25) is 5.02 Å². The second-order valence-electron chi connectivity index (χ2n) is 8.00. The van der Waals surface area contributed by atoms with Gasteiger partial charge in [0, 0.05) is 33.9 Å². The van der Waals surface area contributed by atoms with E-state index >= 15 is 0 Å². The fourth-order valence-electron chi connectivity index (χ4n) is 4.00. The van der Waals surface area contributed by atoms with Gasteiger partial charge in [0.1, 0.15) is 0 Å². The molecule has 2 heterocycles. The van der Waals surface area contributed by atoms with Crippen molar-refractivity contribution in [3.63, 3.8) is 0 Å². The van der Waals surface area contributed by atoms with Crippen LogP contribution in [0.25, 0.3) is 16.5 Å². The first-order chi connectivity index (χ1) is 16.0. The molecule has 6 heteroatoms. The lowest BCUT2D eigenvalue weighted by Crippen LogP contribution is -2.26. The number of fused-ring (bicyclic) bond motifs is 2. The summed E-state index contributed by atoms with van der Waals surface area (Å²) in [6, 6.07) is 22.5. The maximum Gasteiger partial charge on any atom is 0.259 e. The maximum atomic E-state index is 13.4. The van der Waals surface area contributed by atoms with Gasteiger partial charge < -0.3 is 10.2 Å². The fraction of sp³-hybridized carbons (Fsp3) is 0.0741. The van der Waals surface area contributed by atoms with Crippen LogP contribution in [0.15, 0.2) is 85.1 Å². The molecule has 0 spiro atoms. The number of benzene rings is 3. The lowest BCUT2D eigenvalue weighted by Gasteiger charge is -2.17. The van der Waals surface area contributed by atoms with Gasteiger partial charge in [-0.3, -0.25) is 14.6 Å². The van der Waals surface area contributed by atoms with Crippen molar-refractivity contribution >= 4 is 51.3 Å². The highest BCUT2D eigenvalue weighted by Crippen LogP contribution is 2.38. The Labute approximate surface area is 196 Å². The summed E-state index contributed by atoms with van der Waals surface area (Å²) in [7, 11) is 0. The molecule has 0 radical (unpaired) electrons. The number of nitrogens with zero attached hydrogens (tertiary/aromatic N) is 2. The number of rotatable bonds is 4. The molecule has 162 valence electrons. The predicted octanol–water partition coefficient (Wildman–Crippen LogP) is 5.77. The Hall–Kier alpha value is -3.96. The summed E-state index contributed by atoms with van der Waals surface area (Å²) in [5.41, 5.74) is 5.39. The third-order valence-corrected chi connectivity index (χ3v) is 5.86. The lowest BCUT2D eigenvalue weighted by atomic mass is 10.0. The lowest BCUT2D eigenvalue weighted by molar-refractivity contribution is -0.114. The van der Waals surface area contributed by atoms with E-state index in [1.165, 1.54) is 6.08 Å². The SMILES string of the molecule is Cc1ccc2c(c1)/C(=C\C(=O)Nc1ccc3ncccc3c1)C(=O)N2Cc1ccc(Cl)cc1. The van der Waals surface area contributed by atoms with E-state index in [1.54, 1.807) is 29.3 Å². The minimum atomic E-state index is -0.359. The molecule has 33 heavy (non-hydrogen) atoms. The van der Waals surface area contributed by atoms with Crippen LogP contribution < -0.4 is 10.2 Å². The van der Waals surface area contributed by atoms with Gasteiger partial charge in [0.05, 0.1) is 23.3 Å². The number of carbonyl (C=O) groups is 2. The zero-order valence-corrected chi connectivity index (χ0v) is 18.6. The highest BCUT2D eigenvalue weighted by atomic mass is 35.5. The molecule has 5 rings (SSSR count). The number of amides is 2. The molecule has 0 fully saturated rings. The van der Waals surface area contributed by atoms with Crippen molar-refractivity contribution < 1.29 is 9.59 Å². The molecule has 1 N–H and O–H groups in total. The molecular formula is C27H20ClN3O2. The largest absolute Gasteiger partial charge is 0.322 e. The third kappa shape index (κ3) is 4.23. The van der Waals surface area contributed by atoms with Crippen LogP contribution >= 0.6 is 11.6 Å². The summed E-state index contributed by atoms with van der Waals surface area (Å²) in [6.07, 6.45) is 3.11. The highest BCUT2D eigenvalue weighted by molar-refractivity contribution is 6.35. The first-order valence-corrected chi connectivity index (χ1v) is 10.9. The van der Waals surface area contributed by atoms with Gasteiger partial charge in [-0.2, -0.15) is 0 Å². The number of hydrogen-bond acceptors (Lipinski definition) is 3. The summed E-state index contributed by atoms with van der Waals surface area (Å²) in [4.78, 5) is 32.2. The van der Waals surface area contributed by atoms with Crippen molar-refractivity contribution in [1.82, 2.24) is 4.98 Å². The van der Waals surface area contributed by atoms with Crippen molar-refractivity contribution in [3.8, 4) is 0 Å². The number of pyridine rings is 1. The fourth-order valence-corrected chi connectivity index (χ4v) is 4.13. The highest BCUT2D eigenvalue weighted by Gasteiger charge is 2.33. The van der Waals surface area contributed by atoms with Crippen molar-refractivity contribution in [1.29, 1.82) is 0 Å². The van der Waals surface area contributed by atoms with Crippen molar-refractivity contribution in [2.75, 3.05) is 10.2 Å². The first kappa shape index (κ1) is 20.9. The number of hydrogen-bond donors (Lipinski definition) is 1. The Morgan fingerprint density at radius 1 is 1.06 bits per heavy atom. The summed E-state index contributed by atoms with van der Waals surface area (Å²) in [6.45, 7) is 2.36. The van der Waals surface area contributed by atoms with Gasteiger partial charge in [-0.25, -0.2) is 0 Å². The Kier molecular flexibility index (Phi) is 5.40. The molecule has 0 atom stereocenters. The van der Waals surface area contributed by atoms with E-state index in [0.29, 0.717) is 22.8 Å². The molecular weight excluding hydrogens is 434 g/mol. The third-order valence-electron chi connectivity index (χ3n) is 5.61. The van der Waals surface area contributed by atoms with Crippen LogP contribution in [0.4, 0.5) is 11.4 Å². The standard InChI is InChI=1S/C27H20ClN3O2/c1-17-4-11-25-22(13-17)23(27(33)31(25)16-18-5-7-20(28)8-6-18)15-26(32)30-21-9-10-24-19(14-21)3-2-12-29-24/h2-15H,16H2,1H3,(H,30,32)/b23-15+. The molecule has 1 aliphatic heterocycles. The quantitative estimate of drug-likeness (QED) is 0.399. The Morgan fingerprint density at radius 2 is 1.88 bits per heavy atom. The molecule has 1 aliphatic rings. The summed E-state index contributed by atoms with van der Waals surface area (Å²) in [5.74, 6) is -0.564. The Bertz CT molecular complexity index is 1430. The second-order valence-corrected chi connectivity index (χ2v) is 8.43. The smallest absolute Gasteiger partial charge is 0.259 e. The van der Waals surface area contributed by atoms with E-state index in [1.807, 2.05) is 61.5 Å². The van der Waals surface area contributed by atoms with Crippen molar-refractivity contribution in [3.05, 3.63) is 107 Å². The first-order valence-electron chi connectivity index (χ1n) is 10.5. The predicted molar refractivity (Wildman–Crippen MR) is 132 cm³/mol. The van der Waals surface area contributed by atoms with E-state index in [9.17, 15) is 9.59 Å². The minimum absolute atomic E-state index is 0.205. The normalized spacial score (nSPS) is 14.1. The van der Waals surface area contributed by atoms with Gasteiger partial charge in [0.25, 0.3) is 5.91 Å². The van der Waals surface area contributed by atoms with E-state index in [0.717, 1.165) is 33.3 Å². The Morgan fingerprint density at radius 3 is 2.70 bits per heavy atom. The van der Waals surface area contributed by atoms with E-state index in [-0.39, 0.29) is 11.8 Å². The monoisotopic (exact) mass is 453 g/mol. The zero-order chi connectivity index (χ0) is 22.9. The maximum absolute atomic E-state index is 13.4. The topological polar surface area (TPSA) is 62.3 Å². The van der Waals surface area contributed by atoms with Crippen LogP contribution in [0.5, 0.6) is 0 Å². The Balaban J connectivity index is 1.44. The van der Waals surface area contributed by atoms with Crippen LogP contribution in [-0.2, 0) is 16.1 Å². The van der Waals surface area contributed by atoms with Gasteiger partial charge in [0.15, 0.2) is 0 Å². The number of carbonyl (C=O) groups excluding carboxylic acids is 2. The molecule has 5 nitrogen and oxygen atoms in total. The van der Waals surface area contributed by atoms with Crippen LogP contribution in [-0.4, -0.2) is 16.8 Å². The summed E-state index contributed by atoms with van der Waals surface area (Å²) in [5, 5.41) is 4.44. The van der Waals surface area contributed by atoms with Crippen LogP contribution in [0.3, 0.4) is 0 Å². The van der Waals surface area contributed by atoms with Crippen molar-refractivity contribution in [2.45, 2.75) is 13.5 Å². The van der Waals surface area contributed by atoms with E-state index in [4.69, 9.17) is 11.6 Å². The van der Waals surface area contributed by atoms with E-state index in [2.05, 4.69) is 10.3 Å². The number of aromatic nitrogens is 1. The molecule has 0 aliphatic carbocycles. The van der Waals surface area contributed by atoms with Gasteiger partial charge in [-0.05, 0) is 61.0 Å². The number of nitrogens with one attached hydrogen (secondary N) is 1. The molecule has 0 saturated heterocycles.